The van der Waals surface area contributed by atoms with Crippen molar-refractivity contribution in [1.82, 2.24) is 4.98 Å². The molecule has 0 spiro atoms. The summed E-state index contributed by atoms with van der Waals surface area (Å²) in [6, 6.07) is 7.21. The van der Waals surface area contributed by atoms with Crippen LogP contribution < -0.4 is 0 Å². The fourth-order valence-corrected chi connectivity index (χ4v) is 2.00. The molecule has 0 saturated carbocycles. The zero-order valence-corrected chi connectivity index (χ0v) is 10.2. The number of thiazole rings is 1. The Bertz CT molecular complexity index is 529. The van der Waals surface area contributed by atoms with Gasteiger partial charge in [0.15, 0.2) is 16.6 Å². The second-order valence-electron chi connectivity index (χ2n) is 3.73. The molecular weight excluding hydrogens is 234 g/mol. The van der Waals surface area contributed by atoms with Crippen LogP contribution in [0.2, 0.25) is 0 Å². The van der Waals surface area contributed by atoms with Gasteiger partial charge in [-0.05, 0) is 6.92 Å². The van der Waals surface area contributed by atoms with E-state index >= 15 is 0 Å². The SMILES string of the molecule is Cc1ccc(C(=O)CC(=O)c2nccs2)cc1. The van der Waals surface area contributed by atoms with Crippen LogP contribution in [-0.2, 0) is 0 Å². The first-order valence-electron chi connectivity index (χ1n) is 5.19. The van der Waals surface area contributed by atoms with E-state index in [2.05, 4.69) is 4.98 Å². The predicted molar refractivity (Wildman–Crippen MR) is 66.6 cm³/mol. The van der Waals surface area contributed by atoms with Crippen molar-refractivity contribution < 1.29 is 9.59 Å². The lowest BCUT2D eigenvalue weighted by atomic mass is 10.0. The lowest BCUT2D eigenvalue weighted by Crippen LogP contribution is -2.08. The lowest BCUT2D eigenvalue weighted by Gasteiger charge is -1.99. The summed E-state index contributed by atoms with van der Waals surface area (Å²) in [7, 11) is 0. The van der Waals surface area contributed by atoms with Crippen molar-refractivity contribution in [3.05, 3.63) is 52.0 Å². The van der Waals surface area contributed by atoms with Crippen molar-refractivity contribution in [2.45, 2.75) is 13.3 Å². The van der Waals surface area contributed by atoms with Crippen molar-refractivity contribution in [3.8, 4) is 0 Å². The molecule has 17 heavy (non-hydrogen) atoms. The van der Waals surface area contributed by atoms with Gasteiger partial charge in [0.05, 0.1) is 6.42 Å². The van der Waals surface area contributed by atoms with Crippen molar-refractivity contribution in [2.75, 3.05) is 0 Å². The summed E-state index contributed by atoms with van der Waals surface area (Å²) in [6.07, 6.45) is 1.45. The number of aromatic nitrogens is 1. The standard InChI is InChI=1S/C13H11NO2S/c1-9-2-4-10(5-3-9)11(15)8-12(16)13-14-6-7-17-13/h2-7H,8H2,1H3. The van der Waals surface area contributed by atoms with Crippen LogP contribution in [0.25, 0.3) is 0 Å². The molecule has 1 aromatic carbocycles. The zero-order valence-electron chi connectivity index (χ0n) is 9.34. The number of ketones is 2. The highest BCUT2D eigenvalue weighted by Crippen LogP contribution is 2.11. The van der Waals surface area contributed by atoms with Crippen molar-refractivity contribution in [1.29, 1.82) is 0 Å². The van der Waals surface area contributed by atoms with Crippen LogP contribution in [0.1, 0.15) is 32.1 Å². The second kappa shape index (κ2) is 5.01. The third kappa shape index (κ3) is 2.85. The molecule has 3 nitrogen and oxygen atoms in total. The summed E-state index contributed by atoms with van der Waals surface area (Å²) in [5, 5.41) is 2.12. The summed E-state index contributed by atoms with van der Waals surface area (Å²) in [6.45, 7) is 1.95. The molecule has 0 saturated heterocycles. The van der Waals surface area contributed by atoms with Crippen LogP contribution in [0.4, 0.5) is 0 Å². The van der Waals surface area contributed by atoms with E-state index in [0.29, 0.717) is 10.6 Å². The quantitative estimate of drug-likeness (QED) is 0.614. The molecule has 86 valence electrons. The first-order chi connectivity index (χ1) is 8.16. The monoisotopic (exact) mass is 245 g/mol. The highest BCUT2D eigenvalue weighted by molar-refractivity contribution is 7.11. The van der Waals surface area contributed by atoms with Gasteiger partial charge in [0.25, 0.3) is 0 Å². The van der Waals surface area contributed by atoms with E-state index in [4.69, 9.17) is 0 Å². The van der Waals surface area contributed by atoms with Crippen LogP contribution in [0.3, 0.4) is 0 Å². The highest BCUT2D eigenvalue weighted by atomic mass is 32.1. The Morgan fingerprint density at radius 2 is 1.88 bits per heavy atom. The molecule has 1 heterocycles. The lowest BCUT2D eigenvalue weighted by molar-refractivity contribution is 0.0894. The number of rotatable bonds is 4. The van der Waals surface area contributed by atoms with E-state index in [-0.39, 0.29) is 18.0 Å². The Hall–Kier alpha value is -1.81. The molecule has 2 aromatic rings. The maximum atomic E-state index is 11.8. The summed E-state index contributed by atoms with van der Waals surface area (Å²) in [5.74, 6) is -0.379. The molecule has 2 rings (SSSR count). The van der Waals surface area contributed by atoms with Gasteiger partial charge in [-0.15, -0.1) is 11.3 Å². The van der Waals surface area contributed by atoms with Crippen LogP contribution in [-0.4, -0.2) is 16.6 Å². The van der Waals surface area contributed by atoms with Crippen LogP contribution in [0.15, 0.2) is 35.8 Å². The van der Waals surface area contributed by atoms with E-state index in [1.807, 2.05) is 19.1 Å². The average Bonchev–Trinajstić information content (AvgIpc) is 2.83. The minimum absolute atomic E-state index is 0.115. The molecule has 0 aliphatic heterocycles. The predicted octanol–water partition coefficient (Wildman–Crippen LogP) is 2.91. The number of hydrogen-bond donors (Lipinski definition) is 0. The van der Waals surface area contributed by atoms with Gasteiger partial charge in [-0.1, -0.05) is 29.8 Å². The van der Waals surface area contributed by atoms with Gasteiger partial charge in [0.1, 0.15) is 0 Å². The van der Waals surface area contributed by atoms with Crippen molar-refractivity contribution >= 4 is 22.9 Å². The number of nitrogens with zero attached hydrogens (tertiary/aromatic N) is 1. The molecule has 0 aliphatic carbocycles. The number of benzene rings is 1. The Labute approximate surface area is 103 Å². The van der Waals surface area contributed by atoms with Gasteiger partial charge < -0.3 is 0 Å². The second-order valence-corrected chi connectivity index (χ2v) is 4.62. The summed E-state index contributed by atoms with van der Waals surface area (Å²) < 4.78 is 0. The number of Topliss-reactive ketones (excluding diaryl/α,β-unsaturated/α-hetero) is 2. The summed E-state index contributed by atoms with van der Waals surface area (Å²) in [5.41, 5.74) is 1.66. The normalized spacial score (nSPS) is 10.2. The molecule has 0 fully saturated rings. The maximum Gasteiger partial charge on any atom is 0.199 e. The number of carbonyl (C=O) groups excluding carboxylic acids is 2. The minimum Gasteiger partial charge on any atom is -0.294 e. The summed E-state index contributed by atoms with van der Waals surface area (Å²) in [4.78, 5) is 27.4. The van der Waals surface area contributed by atoms with E-state index in [9.17, 15) is 9.59 Å². The van der Waals surface area contributed by atoms with Crippen molar-refractivity contribution in [3.63, 3.8) is 0 Å². The van der Waals surface area contributed by atoms with E-state index in [1.165, 1.54) is 11.3 Å². The number of hydrogen-bond acceptors (Lipinski definition) is 4. The number of carbonyl (C=O) groups is 2. The fraction of sp³-hybridized carbons (Fsp3) is 0.154. The zero-order chi connectivity index (χ0) is 12.3. The molecule has 1 aromatic heterocycles. The van der Waals surface area contributed by atoms with Gasteiger partial charge in [0, 0.05) is 17.1 Å². The minimum atomic E-state index is -0.217. The first kappa shape index (κ1) is 11.7. The molecule has 0 N–H and O–H groups in total. The molecule has 0 aliphatic rings. The smallest absolute Gasteiger partial charge is 0.199 e. The first-order valence-corrected chi connectivity index (χ1v) is 6.07. The Morgan fingerprint density at radius 1 is 1.18 bits per heavy atom. The number of aryl methyl sites for hydroxylation is 1. The summed E-state index contributed by atoms with van der Waals surface area (Å²) >= 11 is 1.26. The molecule has 0 radical (unpaired) electrons. The van der Waals surface area contributed by atoms with Gasteiger partial charge in [-0.2, -0.15) is 0 Å². The topological polar surface area (TPSA) is 47.0 Å². The molecular formula is C13H11NO2S. The van der Waals surface area contributed by atoms with Gasteiger partial charge in [0.2, 0.25) is 0 Å². The van der Waals surface area contributed by atoms with Gasteiger partial charge >= 0.3 is 0 Å². The molecule has 0 unspecified atom stereocenters. The Morgan fingerprint density at radius 3 is 2.47 bits per heavy atom. The molecule has 4 heteroatoms. The van der Waals surface area contributed by atoms with Gasteiger partial charge in [-0.3, -0.25) is 9.59 Å². The molecule has 0 atom stereocenters. The highest BCUT2D eigenvalue weighted by Gasteiger charge is 2.15. The average molecular weight is 245 g/mol. The third-order valence-corrected chi connectivity index (χ3v) is 3.18. The fourth-order valence-electron chi connectivity index (χ4n) is 1.42. The third-order valence-electron chi connectivity index (χ3n) is 2.37. The molecule has 0 bridgehead atoms. The molecule has 0 amide bonds. The van der Waals surface area contributed by atoms with E-state index in [1.54, 1.807) is 23.7 Å². The maximum absolute atomic E-state index is 11.8. The Balaban J connectivity index is 2.07. The van der Waals surface area contributed by atoms with Crippen LogP contribution in [0.5, 0.6) is 0 Å². The van der Waals surface area contributed by atoms with Crippen LogP contribution in [0, 0.1) is 6.92 Å². The van der Waals surface area contributed by atoms with Crippen molar-refractivity contribution in [2.24, 2.45) is 0 Å². The van der Waals surface area contributed by atoms with E-state index in [0.717, 1.165) is 5.56 Å². The van der Waals surface area contributed by atoms with E-state index < -0.39 is 0 Å². The largest absolute Gasteiger partial charge is 0.294 e. The van der Waals surface area contributed by atoms with Crippen LogP contribution >= 0.6 is 11.3 Å². The Kier molecular flexibility index (Phi) is 3.44. The van der Waals surface area contributed by atoms with Gasteiger partial charge in [-0.25, -0.2) is 4.98 Å².